The van der Waals surface area contributed by atoms with Gasteiger partial charge in [0.15, 0.2) is 5.69 Å². The van der Waals surface area contributed by atoms with E-state index in [9.17, 15) is 4.79 Å². The van der Waals surface area contributed by atoms with Crippen molar-refractivity contribution in [3.8, 4) is 0 Å². The normalized spacial score (nSPS) is 10.9. The van der Waals surface area contributed by atoms with Crippen molar-refractivity contribution < 1.29 is 9.90 Å². The first-order valence-electron chi connectivity index (χ1n) is 4.48. The molecule has 0 saturated carbocycles. The minimum absolute atomic E-state index is 0.129. The Morgan fingerprint density at radius 1 is 1.64 bits per heavy atom. The molecule has 0 aliphatic rings. The van der Waals surface area contributed by atoms with E-state index in [1.165, 1.54) is 0 Å². The second-order valence-corrected chi connectivity index (χ2v) is 4.68. The highest BCUT2D eigenvalue weighted by atomic mass is 127. The Bertz CT molecular complexity index is 334. The lowest BCUT2D eigenvalue weighted by Crippen LogP contribution is -1.99. The van der Waals surface area contributed by atoms with Gasteiger partial charge in [-0.1, -0.05) is 13.8 Å². The van der Waals surface area contributed by atoms with Crippen LogP contribution in [0.2, 0.25) is 0 Å². The number of hydrogen-bond acceptors (Lipinski definition) is 2. The van der Waals surface area contributed by atoms with E-state index in [0.717, 1.165) is 22.1 Å². The number of carboxylic acid groups (broad SMARTS) is 1. The third-order valence-electron chi connectivity index (χ3n) is 1.95. The fourth-order valence-electron chi connectivity index (χ4n) is 1.10. The zero-order valence-electron chi connectivity index (χ0n) is 8.17. The van der Waals surface area contributed by atoms with Crippen molar-refractivity contribution in [2.24, 2.45) is 5.92 Å². The van der Waals surface area contributed by atoms with Gasteiger partial charge in [0, 0.05) is 5.69 Å². The molecule has 0 aliphatic heterocycles. The van der Waals surface area contributed by atoms with Crippen molar-refractivity contribution in [1.82, 2.24) is 10.2 Å². The maximum atomic E-state index is 10.7. The van der Waals surface area contributed by atoms with Crippen LogP contribution in [0.5, 0.6) is 0 Å². The molecule has 14 heavy (non-hydrogen) atoms. The average Bonchev–Trinajstić information content (AvgIpc) is 2.43. The summed E-state index contributed by atoms with van der Waals surface area (Å²) in [5.41, 5.74) is 1.06. The van der Waals surface area contributed by atoms with E-state index in [4.69, 9.17) is 5.11 Å². The first kappa shape index (κ1) is 11.5. The standard InChI is InChI=1S/C9H13IN2O2/c1-5(2)3-4-6-7(10)8(9(13)14)12-11-6/h5H,3-4H2,1-2H3,(H,11,12)(H,13,14). The number of carbonyl (C=O) groups is 1. The quantitative estimate of drug-likeness (QED) is 0.839. The summed E-state index contributed by atoms with van der Waals surface area (Å²) in [5.74, 6) is -0.358. The van der Waals surface area contributed by atoms with Gasteiger partial charge in [-0.2, -0.15) is 5.10 Å². The first-order chi connectivity index (χ1) is 6.52. The second-order valence-electron chi connectivity index (χ2n) is 3.60. The number of rotatable bonds is 4. The number of aromatic nitrogens is 2. The molecule has 1 rings (SSSR count). The summed E-state index contributed by atoms with van der Waals surface area (Å²) in [4.78, 5) is 10.7. The number of nitrogens with one attached hydrogen (secondary N) is 1. The number of aryl methyl sites for hydroxylation is 1. The Labute approximate surface area is 96.2 Å². The molecule has 0 spiro atoms. The summed E-state index contributed by atoms with van der Waals surface area (Å²) in [6.07, 6.45) is 1.90. The maximum absolute atomic E-state index is 10.7. The van der Waals surface area contributed by atoms with Gasteiger partial charge < -0.3 is 5.11 Å². The van der Waals surface area contributed by atoms with Gasteiger partial charge in [0.2, 0.25) is 0 Å². The van der Waals surface area contributed by atoms with Crippen LogP contribution < -0.4 is 0 Å². The van der Waals surface area contributed by atoms with E-state index in [-0.39, 0.29) is 5.69 Å². The highest BCUT2D eigenvalue weighted by molar-refractivity contribution is 14.1. The fourth-order valence-corrected chi connectivity index (χ4v) is 1.85. The van der Waals surface area contributed by atoms with Gasteiger partial charge >= 0.3 is 5.97 Å². The van der Waals surface area contributed by atoms with Crippen molar-refractivity contribution in [2.45, 2.75) is 26.7 Å². The minimum Gasteiger partial charge on any atom is -0.476 e. The predicted molar refractivity (Wildman–Crippen MR) is 61.4 cm³/mol. The Kier molecular flexibility index (Phi) is 3.91. The van der Waals surface area contributed by atoms with Gasteiger partial charge in [0.05, 0.1) is 3.57 Å². The topological polar surface area (TPSA) is 66.0 Å². The number of hydrogen-bond donors (Lipinski definition) is 2. The van der Waals surface area contributed by atoms with E-state index >= 15 is 0 Å². The van der Waals surface area contributed by atoms with Crippen molar-refractivity contribution in [2.75, 3.05) is 0 Å². The first-order valence-corrected chi connectivity index (χ1v) is 5.56. The van der Waals surface area contributed by atoms with Gasteiger partial charge in [-0.15, -0.1) is 0 Å². The molecule has 0 aliphatic carbocycles. The molecule has 0 amide bonds. The van der Waals surface area contributed by atoms with Crippen LogP contribution in [0.15, 0.2) is 0 Å². The van der Waals surface area contributed by atoms with Crippen molar-refractivity contribution in [1.29, 1.82) is 0 Å². The lowest BCUT2D eigenvalue weighted by atomic mass is 10.1. The molecule has 0 fully saturated rings. The molecular formula is C9H13IN2O2. The van der Waals surface area contributed by atoms with Crippen molar-refractivity contribution >= 4 is 28.6 Å². The summed E-state index contributed by atoms with van der Waals surface area (Å²) in [6.45, 7) is 4.28. The van der Waals surface area contributed by atoms with E-state index in [0.29, 0.717) is 5.92 Å². The second kappa shape index (κ2) is 4.77. The van der Waals surface area contributed by atoms with Crippen LogP contribution in [0.1, 0.15) is 36.5 Å². The third-order valence-corrected chi connectivity index (χ3v) is 3.11. The van der Waals surface area contributed by atoms with E-state index in [1.54, 1.807) is 0 Å². The van der Waals surface area contributed by atoms with Crippen LogP contribution in [-0.4, -0.2) is 21.3 Å². The number of halogens is 1. The molecule has 0 aromatic carbocycles. The van der Waals surface area contributed by atoms with Crippen LogP contribution in [0, 0.1) is 9.49 Å². The van der Waals surface area contributed by atoms with Gasteiger partial charge in [-0.3, -0.25) is 5.10 Å². The smallest absolute Gasteiger partial charge is 0.357 e. The minimum atomic E-state index is -0.971. The highest BCUT2D eigenvalue weighted by Gasteiger charge is 2.16. The number of carboxylic acids is 1. The zero-order valence-corrected chi connectivity index (χ0v) is 10.3. The SMILES string of the molecule is CC(C)CCc1[nH]nc(C(=O)O)c1I. The Hall–Kier alpha value is -0.590. The molecular weight excluding hydrogens is 295 g/mol. The molecule has 1 heterocycles. The van der Waals surface area contributed by atoms with E-state index in [2.05, 4.69) is 24.0 Å². The molecule has 2 N–H and O–H groups in total. The Morgan fingerprint density at radius 3 is 2.71 bits per heavy atom. The molecule has 0 unspecified atom stereocenters. The van der Waals surface area contributed by atoms with E-state index < -0.39 is 5.97 Å². The molecule has 4 nitrogen and oxygen atoms in total. The lowest BCUT2D eigenvalue weighted by molar-refractivity contribution is 0.0689. The number of nitrogens with zero attached hydrogens (tertiary/aromatic N) is 1. The van der Waals surface area contributed by atoms with Gasteiger partial charge in [-0.25, -0.2) is 4.79 Å². The van der Waals surface area contributed by atoms with E-state index in [1.807, 2.05) is 22.6 Å². The molecule has 1 aromatic rings. The lowest BCUT2D eigenvalue weighted by Gasteiger charge is -2.02. The molecule has 78 valence electrons. The number of aromatic carboxylic acids is 1. The van der Waals surface area contributed by atoms with Crippen molar-refractivity contribution in [3.05, 3.63) is 15.0 Å². The Balaban J connectivity index is 2.74. The highest BCUT2D eigenvalue weighted by Crippen LogP contribution is 2.17. The van der Waals surface area contributed by atoms with Crippen LogP contribution in [0.3, 0.4) is 0 Å². The average molecular weight is 308 g/mol. The summed E-state index contributed by atoms with van der Waals surface area (Å²) in [6, 6.07) is 0. The Morgan fingerprint density at radius 2 is 2.29 bits per heavy atom. The largest absolute Gasteiger partial charge is 0.476 e. The summed E-state index contributed by atoms with van der Waals surface area (Å²) >= 11 is 2.02. The zero-order chi connectivity index (χ0) is 10.7. The summed E-state index contributed by atoms with van der Waals surface area (Å²) < 4.78 is 0.732. The van der Waals surface area contributed by atoms with Crippen LogP contribution >= 0.6 is 22.6 Å². The molecule has 1 aromatic heterocycles. The van der Waals surface area contributed by atoms with Crippen molar-refractivity contribution in [3.63, 3.8) is 0 Å². The third kappa shape index (κ3) is 2.70. The number of aromatic amines is 1. The predicted octanol–water partition coefficient (Wildman–Crippen LogP) is 2.30. The molecule has 5 heteroatoms. The molecule has 0 radical (unpaired) electrons. The molecule has 0 bridgehead atoms. The van der Waals surface area contributed by atoms with Gasteiger partial charge in [0.25, 0.3) is 0 Å². The molecule has 0 saturated heterocycles. The van der Waals surface area contributed by atoms with Crippen LogP contribution in [0.25, 0.3) is 0 Å². The molecule has 0 atom stereocenters. The fraction of sp³-hybridized carbons (Fsp3) is 0.556. The van der Waals surface area contributed by atoms with Gasteiger partial charge in [0.1, 0.15) is 0 Å². The van der Waals surface area contributed by atoms with Crippen LogP contribution in [0.4, 0.5) is 0 Å². The maximum Gasteiger partial charge on any atom is 0.357 e. The summed E-state index contributed by atoms with van der Waals surface area (Å²) in [7, 11) is 0. The van der Waals surface area contributed by atoms with Gasteiger partial charge in [-0.05, 0) is 41.4 Å². The monoisotopic (exact) mass is 308 g/mol. The number of H-pyrrole nitrogens is 1. The summed E-state index contributed by atoms with van der Waals surface area (Å²) in [5, 5.41) is 15.3. The van der Waals surface area contributed by atoms with Crippen LogP contribution in [-0.2, 0) is 6.42 Å².